The highest BCUT2D eigenvalue weighted by Gasteiger charge is 2.67. The molecule has 2 aromatic rings. The lowest BCUT2D eigenvalue weighted by molar-refractivity contribution is -0.192. The quantitative estimate of drug-likeness (QED) is 0.612. The summed E-state index contributed by atoms with van der Waals surface area (Å²) < 4.78 is 8.66. The molecule has 126 valence electrons. The highest BCUT2D eigenvalue weighted by atomic mass is 32.2. The van der Waals surface area contributed by atoms with Crippen LogP contribution in [0.5, 0.6) is 0 Å². The SMILES string of the molecule is CSN1CCC2(CC1)CC1(OB(O)c3cnc4[nH]ccc4c31)C2C. The van der Waals surface area contributed by atoms with E-state index in [2.05, 4.69) is 33.5 Å². The summed E-state index contributed by atoms with van der Waals surface area (Å²) >= 11 is 1.85. The molecule has 2 N–H and O–H groups in total. The van der Waals surface area contributed by atoms with Crippen LogP contribution in [0.25, 0.3) is 11.0 Å². The summed E-state index contributed by atoms with van der Waals surface area (Å²) in [7, 11) is -0.849. The van der Waals surface area contributed by atoms with E-state index in [-0.39, 0.29) is 5.60 Å². The Morgan fingerprint density at radius 1 is 1.46 bits per heavy atom. The minimum atomic E-state index is -0.849. The van der Waals surface area contributed by atoms with Crippen molar-refractivity contribution in [2.45, 2.75) is 31.8 Å². The summed E-state index contributed by atoms with van der Waals surface area (Å²) in [6.07, 6.45) is 9.30. The number of aromatic nitrogens is 2. The second-order valence-electron chi connectivity index (χ2n) is 7.56. The smallest absolute Gasteiger partial charge is 0.423 e. The van der Waals surface area contributed by atoms with Crippen molar-refractivity contribution in [2.24, 2.45) is 11.3 Å². The van der Waals surface area contributed by atoms with Gasteiger partial charge in [-0.3, -0.25) is 4.31 Å². The average Bonchev–Trinajstić information content (AvgIpc) is 3.19. The van der Waals surface area contributed by atoms with E-state index in [9.17, 15) is 5.02 Å². The zero-order valence-corrected chi connectivity index (χ0v) is 14.9. The van der Waals surface area contributed by atoms with Gasteiger partial charge in [0.05, 0.1) is 5.60 Å². The van der Waals surface area contributed by atoms with Crippen LogP contribution in [-0.4, -0.2) is 45.8 Å². The molecule has 0 radical (unpaired) electrons. The van der Waals surface area contributed by atoms with Crippen molar-refractivity contribution in [3.05, 3.63) is 24.0 Å². The summed E-state index contributed by atoms with van der Waals surface area (Å²) in [5, 5.41) is 11.6. The number of hydrogen-bond donors (Lipinski definition) is 2. The van der Waals surface area contributed by atoms with Crippen molar-refractivity contribution in [2.75, 3.05) is 19.3 Å². The van der Waals surface area contributed by atoms with Crippen molar-refractivity contribution in [3.8, 4) is 0 Å². The maximum Gasteiger partial charge on any atom is 0.493 e. The third-order valence-electron chi connectivity index (χ3n) is 6.84. The summed E-state index contributed by atoms with van der Waals surface area (Å²) in [6.45, 7) is 4.61. The Hall–Kier alpha value is -1.02. The standard InChI is InChI=1S/C17H22BN3O2S/c1-11-16(4-7-21(24-2)8-5-16)10-17(11)14-12-3-6-19-15(12)20-9-13(14)18(22)23-17/h3,6,9,11,22H,4-5,7-8,10H2,1-2H3,(H,19,20). The highest BCUT2D eigenvalue weighted by Crippen LogP contribution is 2.66. The van der Waals surface area contributed by atoms with Crippen molar-refractivity contribution < 1.29 is 9.68 Å². The van der Waals surface area contributed by atoms with E-state index >= 15 is 0 Å². The molecule has 2 spiro atoms. The Balaban J connectivity index is 1.55. The molecule has 5 nitrogen and oxygen atoms in total. The molecule has 24 heavy (non-hydrogen) atoms. The molecule has 2 aromatic heterocycles. The van der Waals surface area contributed by atoms with E-state index in [0.29, 0.717) is 11.3 Å². The monoisotopic (exact) mass is 343 g/mol. The number of nitrogens with zero attached hydrogens (tertiary/aromatic N) is 2. The minimum absolute atomic E-state index is 0.347. The predicted molar refractivity (Wildman–Crippen MR) is 97.0 cm³/mol. The molecule has 7 heteroatoms. The first kappa shape index (κ1) is 15.3. The molecular formula is C17H22BN3O2S. The van der Waals surface area contributed by atoms with E-state index in [0.717, 1.165) is 36.0 Å². The third kappa shape index (κ3) is 1.76. The lowest BCUT2D eigenvalue weighted by atomic mass is 9.47. The van der Waals surface area contributed by atoms with Crippen LogP contribution in [0, 0.1) is 11.3 Å². The zero-order chi connectivity index (χ0) is 16.5. The van der Waals surface area contributed by atoms with Gasteiger partial charge in [-0.1, -0.05) is 18.9 Å². The number of H-pyrrole nitrogens is 1. The van der Waals surface area contributed by atoms with Crippen LogP contribution in [0.15, 0.2) is 18.5 Å². The van der Waals surface area contributed by atoms with Crippen LogP contribution >= 0.6 is 11.9 Å². The summed E-state index contributed by atoms with van der Waals surface area (Å²) in [5.74, 6) is 0.408. The summed E-state index contributed by atoms with van der Waals surface area (Å²) in [6, 6.07) is 2.07. The topological polar surface area (TPSA) is 61.4 Å². The first-order chi connectivity index (χ1) is 11.6. The number of rotatable bonds is 1. The van der Waals surface area contributed by atoms with Crippen LogP contribution in [0.3, 0.4) is 0 Å². The fraction of sp³-hybridized carbons (Fsp3) is 0.588. The fourth-order valence-corrected chi connectivity index (χ4v) is 5.92. The van der Waals surface area contributed by atoms with Gasteiger partial charge in [0.25, 0.3) is 0 Å². The van der Waals surface area contributed by atoms with Gasteiger partial charge in [0, 0.05) is 36.3 Å². The van der Waals surface area contributed by atoms with Gasteiger partial charge in [-0.05, 0) is 48.5 Å². The number of nitrogens with one attached hydrogen (secondary N) is 1. The maximum atomic E-state index is 10.5. The van der Waals surface area contributed by atoms with Crippen molar-refractivity contribution in [3.63, 3.8) is 0 Å². The molecule has 2 unspecified atom stereocenters. The van der Waals surface area contributed by atoms with Crippen LogP contribution in [0.4, 0.5) is 0 Å². The third-order valence-corrected chi connectivity index (χ3v) is 7.72. The molecule has 1 aliphatic carbocycles. The minimum Gasteiger partial charge on any atom is -0.423 e. The van der Waals surface area contributed by atoms with Gasteiger partial charge in [0.1, 0.15) is 5.65 Å². The van der Waals surface area contributed by atoms with Gasteiger partial charge in [-0.25, -0.2) is 4.98 Å². The van der Waals surface area contributed by atoms with E-state index in [1.54, 1.807) is 6.20 Å². The van der Waals surface area contributed by atoms with Crippen LogP contribution in [-0.2, 0) is 10.3 Å². The Bertz CT molecular complexity index is 804. The fourth-order valence-electron chi connectivity index (χ4n) is 5.37. The van der Waals surface area contributed by atoms with Crippen LogP contribution < -0.4 is 5.46 Å². The zero-order valence-electron chi connectivity index (χ0n) is 14.1. The molecular weight excluding hydrogens is 321 g/mol. The van der Waals surface area contributed by atoms with Gasteiger partial charge < -0.3 is 14.7 Å². The largest absolute Gasteiger partial charge is 0.493 e. The van der Waals surface area contributed by atoms with E-state index < -0.39 is 7.12 Å². The number of pyridine rings is 1. The second kappa shape index (κ2) is 5.00. The van der Waals surface area contributed by atoms with Crippen LogP contribution in [0.1, 0.15) is 31.7 Å². The maximum absolute atomic E-state index is 10.5. The van der Waals surface area contributed by atoms with Crippen molar-refractivity contribution >= 4 is 35.6 Å². The molecule has 1 saturated carbocycles. The van der Waals surface area contributed by atoms with E-state index in [1.165, 1.54) is 18.4 Å². The Kier molecular flexibility index (Phi) is 3.18. The molecule has 2 fully saturated rings. The lowest BCUT2D eigenvalue weighted by Gasteiger charge is -2.63. The Morgan fingerprint density at radius 2 is 2.25 bits per heavy atom. The van der Waals surface area contributed by atoms with Crippen molar-refractivity contribution in [1.82, 2.24) is 14.3 Å². The lowest BCUT2D eigenvalue weighted by Crippen LogP contribution is -2.61. The molecule has 1 saturated heterocycles. The first-order valence-corrected chi connectivity index (χ1v) is 9.89. The van der Waals surface area contributed by atoms with Crippen LogP contribution in [0.2, 0.25) is 0 Å². The Labute approximate surface area is 146 Å². The Morgan fingerprint density at radius 3 is 2.96 bits per heavy atom. The van der Waals surface area contributed by atoms with Gasteiger partial charge in [0.2, 0.25) is 0 Å². The normalized spacial score (nSPS) is 31.8. The van der Waals surface area contributed by atoms with E-state index in [1.807, 2.05) is 18.1 Å². The predicted octanol–water partition coefficient (Wildman–Crippen LogP) is 1.88. The molecule has 0 amide bonds. The molecule has 5 rings (SSSR count). The average molecular weight is 343 g/mol. The summed E-state index contributed by atoms with van der Waals surface area (Å²) in [5.41, 5.74) is 2.91. The van der Waals surface area contributed by atoms with Gasteiger partial charge in [0.15, 0.2) is 0 Å². The van der Waals surface area contributed by atoms with Crippen molar-refractivity contribution in [1.29, 1.82) is 0 Å². The number of aromatic amines is 1. The van der Waals surface area contributed by atoms with Gasteiger partial charge >= 0.3 is 7.12 Å². The summed E-state index contributed by atoms with van der Waals surface area (Å²) in [4.78, 5) is 7.62. The molecule has 4 heterocycles. The molecule has 0 aromatic carbocycles. The molecule has 0 bridgehead atoms. The van der Waals surface area contributed by atoms with Gasteiger partial charge in [-0.2, -0.15) is 0 Å². The first-order valence-electron chi connectivity index (χ1n) is 8.71. The molecule has 3 aliphatic rings. The number of hydrogen-bond acceptors (Lipinski definition) is 5. The number of piperidine rings is 1. The molecule has 2 aliphatic heterocycles. The van der Waals surface area contributed by atoms with Gasteiger partial charge in [-0.15, -0.1) is 0 Å². The second-order valence-corrected chi connectivity index (χ2v) is 8.44. The molecule has 2 atom stereocenters. The van der Waals surface area contributed by atoms with E-state index in [4.69, 9.17) is 4.65 Å². The number of fused-ring (bicyclic) bond motifs is 4. The highest BCUT2D eigenvalue weighted by molar-refractivity contribution is 7.96.